The Morgan fingerprint density at radius 3 is 2.81 bits per heavy atom. The zero-order chi connectivity index (χ0) is 14.8. The molecule has 114 valence electrons. The van der Waals surface area contributed by atoms with Gasteiger partial charge in [0.05, 0.1) is 18.1 Å². The highest BCUT2D eigenvalue weighted by Gasteiger charge is 2.17. The summed E-state index contributed by atoms with van der Waals surface area (Å²) < 4.78 is 1.75. The summed E-state index contributed by atoms with van der Waals surface area (Å²) >= 11 is 0. The second-order valence-electron chi connectivity index (χ2n) is 6.23. The number of anilines is 1. The number of nitrogens with two attached hydrogens (primary N) is 1. The summed E-state index contributed by atoms with van der Waals surface area (Å²) in [5, 5.41) is 5.02. The quantitative estimate of drug-likeness (QED) is 0.931. The Balaban J connectivity index is 1.70. The minimum absolute atomic E-state index is 0.522. The summed E-state index contributed by atoms with van der Waals surface area (Å²) in [6.07, 6.45) is 8.59. The molecule has 1 aliphatic carbocycles. The molecule has 21 heavy (non-hydrogen) atoms. The van der Waals surface area contributed by atoms with Crippen LogP contribution < -0.4 is 5.73 Å². The molecule has 1 saturated carbocycles. The molecule has 0 spiro atoms. The third-order valence-electron chi connectivity index (χ3n) is 4.37. The number of hydrogen-bond donors (Lipinski definition) is 1. The maximum Gasteiger partial charge on any atom is 0.163 e. The molecule has 3 rings (SSSR count). The van der Waals surface area contributed by atoms with Crippen molar-refractivity contribution in [1.82, 2.24) is 24.6 Å². The smallest absolute Gasteiger partial charge is 0.163 e. The summed E-state index contributed by atoms with van der Waals surface area (Å²) in [7, 11) is 4.02. The summed E-state index contributed by atoms with van der Waals surface area (Å²) in [4.78, 5) is 11.3. The summed E-state index contributed by atoms with van der Waals surface area (Å²) in [5.41, 5.74) is 6.82. The second-order valence-corrected chi connectivity index (χ2v) is 6.23. The van der Waals surface area contributed by atoms with E-state index in [0.717, 1.165) is 35.9 Å². The van der Waals surface area contributed by atoms with Crippen LogP contribution in [0.5, 0.6) is 0 Å². The zero-order valence-corrected chi connectivity index (χ0v) is 12.9. The third kappa shape index (κ3) is 3.15. The van der Waals surface area contributed by atoms with Crippen molar-refractivity contribution in [3.63, 3.8) is 0 Å². The van der Waals surface area contributed by atoms with Gasteiger partial charge in [-0.3, -0.25) is 9.58 Å². The average Bonchev–Trinajstić information content (AvgIpc) is 2.82. The number of fused-ring (bicyclic) bond motifs is 1. The molecule has 0 amide bonds. The van der Waals surface area contributed by atoms with E-state index >= 15 is 0 Å². The molecule has 0 aliphatic heterocycles. The van der Waals surface area contributed by atoms with E-state index in [9.17, 15) is 0 Å². The lowest BCUT2D eigenvalue weighted by Gasteiger charge is -2.26. The van der Waals surface area contributed by atoms with Crippen LogP contribution in [0.25, 0.3) is 11.0 Å². The topological polar surface area (TPSA) is 72.9 Å². The molecule has 0 bridgehead atoms. The highest BCUT2D eigenvalue weighted by atomic mass is 15.3. The number of hydrogen-bond acceptors (Lipinski definition) is 5. The second kappa shape index (κ2) is 5.97. The fourth-order valence-corrected chi connectivity index (χ4v) is 3.28. The number of aromatic nitrogens is 4. The summed E-state index contributed by atoms with van der Waals surface area (Å²) in [5.74, 6) is 2.12. The van der Waals surface area contributed by atoms with E-state index in [1.54, 1.807) is 10.9 Å². The minimum atomic E-state index is 0.522. The van der Waals surface area contributed by atoms with Gasteiger partial charge in [-0.25, -0.2) is 9.97 Å². The molecule has 0 saturated heterocycles. The van der Waals surface area contributed by atoms with Gasteiger partial charge >= 0.3 is 0 Å². The van der Waals surface area contributed by atoms with Gasteiger partial charge < -0.3 is 5.73 Å². The highest BCUT2D eigenvalue weighted by Crippen LogP contribution is 2.24. The monoisotopic (exact) mass is 288 g/mol. The van der Waals surface area contributed by atoms with Crippen LogP contribution in [0.1, 0.15) is 37.9 Å². The number of nitrogen functional groups attached to an aromatic ring is 1. The van der Waals surface area contributed by atoms with Gasteiger partial charge in [0.1, 0.15) is 11.6 Å². The van der Waals surface area contributed by atoms with Crippen LogP contribution in [0.4, 0.5) is 5.82 Å². The fourth-order valence-electron chi connectivity index (χ4n) is 3.28. The first-order chi connectivity index (χ1) is 10.1. The Morgan fingerprint density at radius 2 is 2.05 bits per heavy atom. The van der Waals surface area contributed by atoms with E-state index in [2.05, 4.69) is 27.0 Å². The molecular formula is C15H24N6. The van der Waals surface area contributed by atoms with Gasteiger partial charge in [0.15, 0.2) is 5.65 Å². The molecule has 0 radical (unpaired) electrons. The van der Waals surface area contributed by atoms with Crippen molar-refractivity contribution in [2.45, 2.75) is 38.6 Å². The predicted molar refractivity (Wildman–Crippen MR) is 83.6 cm³/mol. The normalized spacial score (nSPS) is 16.9. The van der Waals surface area contributed by atoms with Gasteiger partial charge in [-0.15, -0.1) is 0 Å². The van der Waals surface area contributed by atoms with E-state index in [0.29, 0.717) is 5.82 Å². The minimum Gasteiger partial charge on any atom is -0.383 e. The predicted octanol–water partition coefficient (Wildman–Crippen LogP) is 1.96. The van der Waals surface area contributed by atoms with Crippen molar-refractivity contribution in [1.29, 1.82) is 0 Å². The molecule has 0 unspecified atom stereocenters. The largest absolute Gasteiger partial charge is 0.383 e. The van der Waals surface area contributed by atoms with E-state index in [1.165, 1.54) is 32.1 Å². The van der Waals surface area contributed by atoms with E-state index in [-0.39, 0.29) is 0 Å². The molecular weight excluding hydrogens is 264 g/mol. The van der Waals surface area contributed by atoms with Gasteiger partial charge in [-0.05, 0) is 25.8 Å². The van der Waals surface area contributed by atoms with Crippen molar-refractivity contribution >= 4 is 16.9 Å². The van der Waals surface area contributed by atoms with Crippen LogP contribution >= 0.6 is 0 Å². The number of aryl methyl sites for hydroxylation is 1. The molecule has 2 aromatic rings. The van der Waals surface area contributed by atoms with Crippen LogP contribution in [0.2, 0.25) is 0 Å². The molecule has 2 aromatic heterocycles. The first-order valence-electron chi connectivity index (χ1n) is 7.76. The SMILES string of the molecule is CN(Cc1nc(N)c2cnn(C)c2n1)CC1CCCCC1. The van der Waals surface area contributed by atoms with Gasteiger partial charge in [-0.1, -0.05) is 19.3 Å². The van der Waals surface area contributed by atoms with Gasteiger partial charge in [-0.2, -0.15) is 5.10 Å². The van der Waals surface area contributed by atoms with Crippen LogP contribution in [0.3, 0.4) is 0 Å². The molecule has 0 atom stereocenters. The Kier molecular flexibility index (Phi) is 4.05. The van der Waals surface area contributed by atoms with Gasteiger partial charge in [0.25, 0.3) is 0 Å². The van der Waals surface area contributed by atoms with Gasteiger partial charge in [0.2, 0.25) is 0 Å². The molecule has 0 aromatic carbocycles. The van der Waals surface area contributed by atoms with Crippen LogP contribution in [-0.2, 0) is 13.6 Å². The van der Waals surface area contributed by atoms with Crippen molar-refractivity contribution in [3.05, 3.63) is 12.0 Å². The van der Waals surface area contributed by atoms with Crippen LogP contribution in [-0.4, -0.2) is 38.2 Å². The molecule has 1 aliphatic rings. The highest BCUT2D eigenvalue weighted by molar-refractivity contribution is 5.84. The molecule has 6 heteroatoms. The zero-order valence-electron chi connectivity index (χ0n) is 12.9. The fraction of sp³-hybridized carbons (Fsp3) is 0.667. The third-order valence-corrected chi connectivity index (χ3v) is 4.37. The summed E-state index contributed by atoms with van der Waals surface area (Å²) in [6.45, 7) is 1.86. The average molecular weight is 288 g/mol. The Labute approximate surface area is 125 Å². The van der Waals surface area contributed by atoms with Crippen molar-refractivity contribution in [3.8, 4) is 0 Å². The van der Waals surface area contributed by atoms with E-state index in [4.69, 9.17) is 5.73 Å². The lowest BCUT2D eigenvalue weighted by Crippen LogP contribution is -2.27. The number of rotatable bonds is 4. The van der Waals surface area contributed by atoms with Crippen LogP contribution in [0, 0.1) is 5.92 Å². The lowest BCUT2D eigenvalue weighted by molar-refractivity contribution is 0.224. The van der Waals surface area contributed by atoms with Crippen molar-refractivity contribution in [2.24, 2.45) is 13.0 Å². The summed E-state index contributed by atoms with van der Waals surface area (Å²) in [6, 6.07) is 0. The van der Waals surface area contributed by atoms with Crippen LogP contribution in [0.15, 0.2) is 6.20 Å². The Morgan fingerprint density at radius 1 is 1.29 bits per heavy atom. The molecule has 2 N–H and O–H groups in total. The standard InChI is InChI=1S/C15H24N6/c1-20(9-11-6-4-3-5-7-11)10-13-18-14(16)12-8-17-21(2)15(12)19-13/h8,11H,3-7,9-10H2,1-2H3,(H2,16,18,19). The number of nitrogens with zero attached hydrogens (tertiary/aromatic N) is 5. The van der Waals surface area contributed by atoms with Crippen molar-refractivity contribution < 1.29 is 0 Å². The molecule has 1 fully saturated rings. The molecule has 6 nitrogen and oxygen atoms in total. The van der Waals surface area contributed by atoms with E-state index < -0.39 is 0 Å². The maximum absolute atomic E-state index is 6.01. The molecule has 2 heterocycles. The Bertz CT molecular complexity index is 614. The van der Waals surface area contributed by atoms with Crippen molar-refractivity contribution in [2.75, 3.05) is 19.3 Å². The van der Waals surface area contributed by atoms with Gasteiger partial charge in [0, 0.05) is 13.6 Å². The first-order valence-corrected chi connectivity index (χ1v) is 7.76. The lowest BCUT2D eigenvalue weighted by atomic mass is 9.89. The van der Waals surface area contributed by atoms with E-state index in [1.807, 2.05) is 7.05 Å². The first kappa shape index (κ1) is 14.3. The maximum atomic E-state index is 6.01. The Hall–Kier alpha value is -1.69.